The van der Waals surface area contributed by atoms with E-state index in [4.69, 9.17) is 4.74 Å². The van der Waals surface area contributed by atoms with Crippen LogP contribution in [0, 0.1) is 0 Å². The Balaban J connectivity index is 2.08. The molecule has 1 aliphatic rings. The van der Waals surface area contributed by atoms with Crippen LogP contribution in [0.3, 0.4) is 0 Å². The highest BCUT2D eigenvalue weighted by atomic mass is 32.2. The van der Waals surface area contributed by atoms with Gasteiger partial charge in [0, 0.05) is 11.1 Å². The van der Waals surface area contributed by atoms with Crippen molar-refractivity contribution in [3.05, 3.63) is 65.4 Å². The van der Waals surface area contributed by atoms with Crippen molar-refractivity contribution in [1.82, 2.24) is 9.78 Å². The van der Waals surface area contributed by atoms with E-state index in [1.54, 1.807) is 35.9 Å². The first kappa shape index (κ1) is 19.4. The molecular formula is C22H22N2O4S. The summed E-state index contributed by atoms with van der Waals surface area (Å²) in [4.78, 5) is 12.9. The summed E-state index contributed by atoms with van der Waals surface area (Å²) in [7, 11) is -3.58. The summed E-state index contributed by atoms with van der Waals surface area (Å²) in [6, 6.07) is 14.7. The summed E-state index contributed by atoms with van der Waals surface area (Å²) < 4.78 is 32.7. The maximum Gasteiger partial charge on any atom is 0.359 e. The summed E-state index contributed by atoms with van der Waals surface area (Å²) in [5.74, 6) is -0.670. The fraction of sp³-hybridized carbons (Fsp3) is 0.273. The lowest BCUT2D eigenvalue weighted by molar-refractivity contribution is 0.0518. The van der Waals surface area contributed by atoms with Crippen molar-refractivity contribution in [1.29, 1.82) is 0 Å². The molecule has 2 heterocycles. The van der Waals surface area contributed by atoms with E-state index in [1.807, 2.05) is 24.3 Å². The smallest absolute Gasteiger partial charge is 0.359 e. The minimum absolute atomic E-state index is 0.0542. The van der Waals surface area contributed by atoms with Crippen molar-refractivity contribution in [3.8, 4) is 16.9 Å². The molecule has 0 aliphatic carbocycles. The molecule has 0 saturated heterocycles. The quantitative estimate of drug-likeness (QED) is 0.605. The molecule has 29 heavy (non-hydrogen) atoms. The van der Waals surface area contributed by atoms with Gasteiger partial charge in [-0.1, -0.05) is 50.2 Å². The van der Waals surface area contributed by atoms with Gasteiger partial charge in [-0.2, -0.15) is 5.10 Å². The van der Waals surface area contributed by atoms with E-state index in [-0.39, 0.29) is 28.9 Å². The Morgan fingerprint density at radius 3 is 2.55 bits per heavy atom. The topological polar surface area (TPSA) is 78.3 Å². The second kappa shape index (κ2) is 7.15. The number of sulfone groups is 1. The first-order valence-corrected chi connectivity index (χ1v) is 11.2. The van der Waals surface area contributed by atoms with Gasteiger partial charge >= 0.3 is 5.97 Å². The highest BCUT2D eigenvalue weighted by Crippen LogP contribution is 2.41. The lowest BCUT2D eigenvalue weighted by Gasteiger charge is -2.20. The van der Waals surface area contributed by atoms with E-state index in [0.717, 1.165) is 11.3 Å². The molecule has 0 saturated carbocycles. The molecule has 0 amide bonds. The fourth-order valence-corrected chi connectivity index (χ4v) is 5.37. The Kier molecular flexibility index (Phi) is 4.78. The minimum Gasteiger partial charge on any atom is -0.461 e. The van der Waals surface area contributed by atoms with Gasteiger partial charge in [-0.15, -0.1) is 0 Å². The highest BCUT2D eigenvalue weighted by molar-refractivity contribution is 7.90. The second-order valence-corrected chi connectivity index (χ2v) is 9.23. The van der Waals surface area contributed by atoms with Crippen LogP contribution in [0.5, 0.6) is 0 Å². The largest absolute Gasteiger partial charge is 0.461 e. The van der Waals surface area contributed by atoms with Crippen molar-refractivity contribution in [2.24, 2.45) is 0 Å². The molecule has 150 valence electrons. The molecule has 4 rings (SSSR count). The van der Waals surface area contributed by atoms with Crippen LogP contribution in [0.25, 0.3) is 16.9 Å². The molecule has 0 bridgehead atoms. The van der Waals surface area contributed by atoms with E-state index < -0.39 is 15.8 Å². The summed E-state index contributed by atoms with van der Waals surface area (Å²) in [5.41, 5.74) is 3.50. The maximum atomic E-state index is 12.9. The van der Waals surface area contributed by atoms with Crippen LogP contribution in [0.15, 0.2) is 53.4 Å². The van der Waals surface area contributed by atoms with Crippen LogP contribution in [0.1, 0.15) is 48.3 Å². The average Bonchev–Trinajstić information content (AvgIpc) is 3.07. The number of benzene rings is 2. The van der Waals surface area contributed by atoms with Crippen molar-refractivity contribution in [3.63, 3.8) is 0 Å². The molecule has 0 atom stereocenters. The van der Waals surface area contributed by atoms with Gasteiger partial charge in [0.15, 0.2) is 15.5 Å². The number of ether oxygens (including phenoxy) is 1. The molecule has 0 spiro atoms. The molecule has 0 radical (unpaired) electrons. The van der Waals surface area contributed by atoms with Gasteiger partial charge in [0.2, 0.25) is 0 Å². The Hall–Kier alpha value is -2.93. The first-order valence-electron chi connectivity index (χ1n) is 9.55. The number of carbonyl (C=O) groups is 1. The number of nitrogens with zero attached hydrogens (tertiary/aromatic N) is 2. The van der Waals surface area contributed by atoms with Crippen molar-refractivity contribution >= 4 is 15.8 Å². The third-order valence-electron chi connectivity index (χ3n) is 5.05. The van der Waals surface area contributed by atoms with Crippen LogP contribution < -0.4 is 0 Å². The zero-order chi connectivity index (χ0) is 20.8. The molecule has 1 aliphatic heterocycles. The number of para-hydroxylation sites is 1. The second-order valence-electron chi connectivity index (χ2n) is 7.28. The van der Waals surface area contributed by atoms with Gasteiger partial charge in [-0.25, -0.2) is 17.9 Å². The van der Waals surface area contributed by atoms with Crippen LogP contribution in [0.4, 0.5) is 0 Å². The van der Waals surface area contributed by atoms with Crippen LogP contribution >= 0.6 is 0 Å². The Labute approximate surface area is 170 Å². The predicted molar refractivity (Wildman–Crippen MR) is 110 cm³/mol. The SMILES string of the molecule is CCOC(=O)c1nn(-c2ccccc2C(C)C)c2c1CS(=O)(=O)c1ccccc1-2. The van der Waals surface area contributed by atoms with Crippen LogP contribution in [0.2, 0.25) is 0 Å². The zero-order valence-electron chi connectivity index (χ0n) is 16.5. The maximum absolute atomic E-state index is 12.9. The molecule has 6 nitrogen and oxygen atoms in total. The standard InChI is InChI=1S/C22H22N2O4S/c1-4-28-22(25)20-17-13-29(26,27)19-12-8-6-10-16(19)21(17)24(23-20)18-11-7-5-9-15(18)14(2)3/h5-12,14H,4,13H2,1-3H3. The average molecular weight is 410 g/mol. The summed E-state index contributed by atoms with van der Waals surface area (Å²) in [6.45, 7) is 6.06. The zero-order valence-corrected chi connectivity index (χ0v) is 17.4. The van der Waals surface area contributed by atoms with Gasteiger partial charge in [0.05, 0.1) is 28.6 Å². The molecule has 1 aromatic heterocycles. The number of hydrogen-bond acceptors (Lipinski definition) is 5. The lowest BCUT2D eigenvalue weighted by atomic mass is 10.0. The van der Waals surface area contributed by atoms with Crippen molar-refractivity contribution in [2.45, 2.75) is 37.3 Å². The molecule has 3 aromatic rings. The van der Waals surface area contributed by atoms with E-state index >= 15 is 0 Å². The van der Waals surface area contributed by atoms with E-state index in [1.165, 1.54) is 0 Å². The van der Waals surface area contributed by atoms with Crippen LogP contribution in [-0.4, -0.2) is 30.8 Å². The number of carbonyl (C=O) groups excluding carboxylic acids is 1. The van der Waals surface area contributed by atoms with Gasteiger partial charge in [0.1, 0.15) is 0 Å². The number of esters is 1. The lowest BCUT2D eigenvalue weighted by Crippen LogP contribution is -2.16. The molecule has 0 N–H and O–H groups in total. The van der Waals surface area contributed by atoms with Gasteiger partial charge in [-0.3, -0.25) is 0 Å². The first-order chi connectivity index (χ1) is 13.8. The van der Waals surface area contributed by atoms with E-state index in [0.29, 0.717) is 16.8 Å². The summed E-state index contributed by atoms with van der Waals surface area (Å²) in [5, 5.41) is 4.57. The summed E-state index contributed by atoms with van der Waals surface area (Å²) >= 11 is 0. The third-order valence-corrected chi connectivity index (χ3v) is 6.75. The van der Waals surface area contributed by atoms with Crippen molar-refractivity contribution < 1.29 is 17.9 Å². The predicted octanol–water partition coefficient (Wildman–Crippen LogP) is 4.13. The number of fused-ring (bicyclic) bond motifs is 3. The normalized spacial score (nSPS) is 14.3. The van der Waals surface area contributed by atoms with Crippen LogP contribution in [-0.2, 0) is 20.3 Å². The Morgan fingerprint density at radius 2 is 1.83 bits per heavy atom. The van der Waals surface area contributed by atoms with Gasteiger partial charge in [0.25, 0.3) is 0 Å². The number of hydrogen-bond donors (Lipinski definition) is 0. The van der Waals surface area contributed by atoms with Gasteiger partial charge < -0.3 is 4.74 Å². The third kappa shape index (κ3) is 3.15. The Bertz CT molecular complexity index is 1210. The molecular weight excluding hydrogens is 388 g/mol. The number of rotatable bonds is 4. The monoisotopic (exact) mass is 410 g/mol. The van der Waals surface area contributed by atoms with E-state index in [9.17, 15) is 13.2 Å². The summed E-state index contributed by atoms with van der Waals surface area (Å²) in [6.07, 6.45) is 0. The van der Waals surface area contributed by atoms with Gasteiger partial charge in [-0.05, 0) is 30.5 Å². The Morgan fingerprint density at radius 1 is 1.14 bits per heavy atom. The minimum atomic E-state index is -3.58. The molecule has 2 aromatic carbocycles. The molecule has 0 unspecified atom stereocenters. The highest BCUT2D eigenvalue weighted by Gasteiger charge is 2.36. The van der Waals surface area contributed by atoms with Crippen molar-refractivity contribution in [2.75, 3.05) is 6.61 Å². The fourth-order valence-electron chi connectivity index (χ4n) is 3.77. The van der Waals surface area contributed by atoms with E-state index in [2.05, 4.69) is 18.9 Å². The molecule has 0 fully saturated rings. The number of aromatic nitrogens is 2. The molecule has 7 heteroatoms.